The predicted octanol–water partition coefficient (Wildman–Crippen LogP) is 2.30. The molecule has 1 saturated heterocycles. The van der Waals surface area contributed by atoms with Crippen molar-refractivity contribution in [1.29, 1.82) is 0 Å². The number of hydrogen-bond acceptors (Lipinski definition) is 3. The van der Waals surface area contributed by atoms with Gasteiger partial charge in [-0.25, -0.2) is 4.79 Å². The summed E-state index contributed by atoms with van der Waals surface area (Å²) < 4.78 is 0. The maximum atomic E-state index is 12.3. The Hall–Kier alpha value is -0.810. The Balaban J connectivity index is 1.33. The molecule has 3 rings (SSSR count). The molecule has 2 N–H and O–H groups in total. The van der Waals surface area contributed by atoms with Crippen LogP contribution >= 0.6 is 0 Å². The molecule has 2 amide bonds. The zero-order valence-corrected chi connectivity index (χ0v) is 15.5. The number of carbonyl (C=O) groups is 1. The van der Waals surface area contributed by atoms with Crippen molar-refractivity contribution < 1.29 is 9.90 Å². The van der Waals surface area contributed by atoms with Gasteiger partial charge in [0.25, 0.3) is 0 Å². The van der Waals surface area contributed by atoms with Crippen LogP contribution in [0.3, 0.4) is 0 Å². The van der Waals surface area contributed by atoms with Crippen LogP contribution in [0.5, 0.6) is 0 Å². The highest BCUT2D eigenvalue weighted by Crippen LogP contribution is 2.46. The van der Waals surface area contributed by atoms with E-state index in [-0.39, 0.29) is 18.1 Å². The Morgan fingerprint density at radius 3 is 2.50 bits per heavy atom. The SMILES string of the molecule is CC(C)(CO)CCCNC(=O)N1CCN([C@H]2C[C@H]3CC[C@H]2C3)CC1. The van der Waals surface area contributed by atoms with E-state index in [0.29, 0.717) is 6.54 Å². The fourth-order valence-electron chi connectivity index (χ4n) is 4.87. The minimum atomic E-state index is -0.0446. The highest BCUT2D eigenvalue weighted by Gasteiger charge is 2.42. The number of hydrogen-bond donors (Lipinski definition) is 2. The van der Waals surface area contributed by atoms with Gasteiger partial charge in [0.1, 0.15) is 0 Å². The van der Waals surface area contributed by atoms with Crippen LogP contribution in [0.1, 0.15) is 52.4 Å². The number of urea groups is 1. The third-order valence-corrected chi connectivity index (χ3v) is 6.51. The van der Waals surface area contributed by atoms with Crippen molar-refractivity contribution in [2.45, 2.75) is 58.4 Å². The van der Waals surface area contributed by atoms with Crippen LogP contribution in [0, 0.1) is 17.3 Å². The number of piperazine rings is 1. The zero-order chi connectivity index (χ0) is 17.2. The first kappa shape index (κ1) is 18.0. The van der Waals surface area contributed by atoms with Gasteiger partial charge in [-0.15, -0.1) is 0 Å². The van der Waals surface area contributed by atoms with Crippen LogP contribution in [-0.2, 0) is 0 Å². The average molecular weight is 338 g/mol. The number of nitrogens with one attached hydrogen (secondary N) is 1. The second-order valence-corrected chi connectivity index (χ2v) is 8.92. The van der Waals surface area contributed by atoms with Gasteiger partial charge in [0.15, 0.2) is 0 Å². The minimum absolute atomic E-state index is 0.0446. The molecule has 0 unspecified atom stereocenters. The molecule has 1 heterocycles. The number of rotatable bonds is 6. The molecule has 2 aliphatic carbocycles. The molecule has 0 aromatic carbocycles. The first-order valence-electron chi connectivity index (χ1n) is 9.86. The van der Waals surface area contributed by atoms with E-state index in [4.69, 9.17) is 0 Å². The molecule has 3 aliphatic rings. The van der Waals surface area contributed by atoms with Gasteiger partial charge in [0.2, 0.25) is 0 Å². The molecule has 24 heavy (non-hydrogen) atoms. The van der Waals surface area contributed by atoms with Crippen molar-refractivity contribution in [3.63, 3.8) is 0 Å². The van der Waals surface area contributed by atoms with Crippen LogP contribution in [0.2, 0.25) is 0 Å². The largest absolute Gasteiger partial charge is 0.396 e. The molecule has 1 aliphatic heterocycles. The van der Waals surface area contributed by atoms with E-state index in [1.165, 1.54) is 25.7 Å². The van der Waals surface area contributed by atoms with E-state index in [0.717, 1.165) is 56.9 Å². The van der Waals surface area contributed by atoms with E-state index in [2.05, 4.69) is 24.1 Å². The smallest absolute Gasteiger partial charge is 0.317 e. The number of amides is 2. The lowest BCUT2D eigenvalue weighted by atomic mass is 9.89. The quantitative estimate of drug-likeness (QED) is 0.731. The molecule has 3 fully saturated rings. The second kappa shape index (κ2) is 7.61. The zero-order valence-electron chi connectivity index (χ0n) is 15.5. The molecule has 0 aromatic heterocycles. The van der Waals surface area contributed by atoms with Crippen LogP contribution in [0.15, 0.2) is 0 Å². The van der Waals surface area contributed by atoms with Crippen LogP contribution in [0.25, 0.3) is 0 Å². The summed E-state index contributed by atoms with van der Waals surface area (Å²) in [6.45, 7) is 8.83. The number of aliphatic hydroxyl groups is 1. The van der Waals surface area contributed by atoms with E-state index < -0.39 is 0 Å². The van der Waals surface area contributed by atoms with E-state index >= 15 is 0 Å². The molecule has 138 valence electrons. The summed E-state index contributed by atoms with van der Waals surface area (Å²) in [5.41, 5.74) is -0.0446. The minimum Gasteiger partial charge on any atom is -0.396 e. The van der Waals surface area contributed by atoms with Gasteiger partial charge >= 0.3 is 6.03 Å². The lowest BCUT2D eigenvalue weighted by Crippen LogP contribution is -2.55. The van der Waals surface area contributed by atoms with E-state index in [9.17, 15) is 9.90 Å². The van der Waals surface area contributed by atoms with Crippen LogP contribution in [0.4, 0.5) is 4.79 Å². The average Bonchev–Trinajstić information content (AvgIpc) is 3.22. The Morgan fingerprint density at radius 2 is 1.92 bits per heavy atom. The summed E-state index contributed by atoms with van der Waals surface area (Å²) in [5.74, 6) is 1.93. The fourth-order valence-corrected chi connectivity index (χ4v) is 4.87. The Kier molecular flexibility index (Phi) is 5.70. The van der Waals surface area contributed by atoms with Crippen molar-refractivity contribution >= 4 is 6.03 Å². The number of fused-ring (bicyclic) bond motifs is 2. The molecule has 0 aromatic rings. The highest BCUT2D eigenvalue weighted by molar-refractivity contribution is 5.74. The van der Waals surface area contributed by atoms with Crippen molar-refractivity contribution in [3.05, 3.63) is 0 Å². The lowest BCUT2D eigenvalue weighted by molar-refractivity contribution is 0.0825. The van der Waals surface area contributed by atoms with Gasteiger partial charge in [-0.05, 0) is 49.4 Å². The number of aliphatic hydroxyl groups excluding tert-OH is 1. The maximum Gasteiger partial charge on any atom is 0.317 e. The number of carbonyl (C=O) groups excluding carboxylic acids is 1. The summed E-state index contributed by atoms with van der Waals surface area (Å²) in [4.78, 5) is 16.9. The summed E-state index contributed by atoms with van der Waals surface area (Å²) in [5, 5.41) is 12.3. The second-order valence-electron chi connectivity index (χ2n) is 8.92. The molecule has 2 saturated carbocycles. The summed E-state index contributed by atoms with van der Waals surface area (Å²) in [6, 6.07) is 0.888. The van der Waals surface area contributed by atoms with Crippen molar-refractivity contribution in [3.8, 4) is 0 Å². The monoisotopic (exact) mass is 337 g/mol. The van der Waals surface area contributed by atoms with Gasteiger partial charge in [-0.1, -0.05) is 20.3 Å². The summed E-state index contributed by atoms with van der Waals surface area (Å²) >= 11 is 0. The predicted molar refractivity (Wildman–Crippen MR) is 95.9 cm³/mol. The molecular formula is C19H35N3O2. The van der Waals surface area contributed by atoms with Crippen molar-refractivity contribution in [2.24, 2.45) is 17.3 Å². The molecule has 3 atom stereocenters. The van der Waals surface area contributed by atoms with Crippen LogP contribution < -0.4 is 5.32 Å². The van der Waals surface area contributed by atoms with Gasteiger partial charge in [0, 0.05) is 45.4 Å². The highest BCUT2D eigenvalue weighted by atomic mass is 16.3. The Morgan fingerprint density at radius 1 is 1.17 bits per heavy atom. The Labute approximate surface area is 146 Å². The third kappa shape index (κ3) is 4.23. The number of nitrogens with zero attached hydrogens (tertiary/aromatic N) is 2. The van der Waals surface area contributed by atoms with E-state index in [1.54, 1.807) is 0 Å². The standard InChI is InChI=1S/C19H35N3O2/c1-19(2,14-23)6-3-7-20-18(24)22-10-8-21(9-11-22)17-13-15-4-5-16(17)12-15/h15-17,23H,3-14H2,1-2H3,(H,20,24)/t15-,16-,17-/m0/s1. The van der Waals surface area contributed by atoms with Gasteiger partial charge in [0.05, 0.1) is 0 Å². The normalized spacial score (nSPS) is 30.8. The third-order valence-electron chi connectivity index (χ3n) is 6.51. The van der Waals surface area contributed by atoms with Gasteiger partial charge in [-0.3, -0.25) is 4.90 Å². The molecular weight excluding hydrogens is 302 g/mol. The topological polar surface area (TPSA) is 55.8 Å². The Bertz CT molecular complexity index is 432. The van der Waals surface area contributed by atoms with Crippen LogP contribution in [-0.4, -0.2) is 66.3 Å². The first-order valence-corrected chi connectivity index (χ1v) is 9.86. The summed E-state index contributed by atoms with van der Waals surface area (Å²) in [7, 11) is 0. The fraction of sp³-hybridized carbons (Fsp3) is 0.947. The summed E-state index contributed by atoms with van der Waals surface area (Å²) in [6.07, 6.45) is 7.59. The molecule has 0 spiro atoms. The first-order chi connectivity index (χ1) is 11.5. The van der Waals surface area contributed by atoms with Crippen molar-refractivity contribution in [1.82, 2.24) is 15.1 Å². The lowest BCUT2D eigenvalue weighted by Gasteiger charge is -2.41. The van der Waals surface area contributed by atoms with Crippen molar-refractivity contribution in [2.75, 3.05) is 39.3 Å². The maximum absolute atomic E-state index is 12.3. The van der Waals surface area contributed by atoms with Gasteiger partial charge in [-0.2, -0.15) is 0 Å². The molecule has 2 bridgehead atoms. The van der Waals surface area contributed by atoms with Gasteiger partial charge < -0.3 is 15.3 Å². The molecule has 0 radical (unpaired) electrons. The van der Waals surface area contributed by atoms with E-state index in [1.807, 2.05) is 4.90 Å². The molecule has 5 nitrogen and oxygen atoms in total. The molecule has 5 heteroatoms.